The highest BCUT2D eigenvalue weighted by molar-refractivity contribution is 9.10. The predicted octanol–water partition coefficient (Wildman–Crippen LogP) is 2.62. The Hall–Kier alpha value is -0.770. The number of carboxylic acids is 1. The number of rotatable bonds is 3. The van der Waals surface area contributed by atoms with Gasteiger partial charge in [0.15, 0.2) is 0 Å². The molecule has 0 saturated heterocycles. The molecule has 12 heavy (non-hydrogen) atoms. The van der Waals surface area contributed by atoms with Crippen LogP contribution in [0.3, 0.4) is 0 Å². The van der Waals surface area contributed by atoms with Gasteiger partial charge in [-0.2, -0.15) is 0 Å². The highest BCUT2D eigenvalue weighted by Gasteiger charge is 2.22. The van der Waals surface area contributed by atoms with Crippen molar-refractivity contribution in [2.75, 3.05) is 0 Å². The van der Waals surface area contributed by atoms with Crippen LogP contribution in [0.4, 0.5) is 0 Å². The summed E-state index contributed by atoms with van der Waals surface area (Å²) in [5.74, 6) is -0.910. The van der Waals surface area contributed by atoms with Crippen LogP contribution in [0, 0.1) is 0 Å². The van der Waals surface area contributed by atoms with E-state index in [1.807, 2.05) is 6.92 Å². The molecule has 0 aromatic carbocycles. The van der Waals surface area contributed by atoms with Crippen molar-refractivity contribution < 1.29 is 14.3 Å². The van der Waals surface area contributed by atoms with Crippen LogP contribution in [0.15, 0.2) is 21.2 Å². The van der Waals surface area contributed by atoms with Crippen LogP contribution in [0.5, 0.6) is 0 Å². The molecular formula is C8H9BrO3. The number of furan rings is 1. The second kappa shape index (κ2) is 3.76. The number of aliphatic carboxylic acids is 1. The molecule has 4 heteroatoms. The highest BCUT2D eigenvalue weighted by atomic mass is 79.9. The molecule has 0 aliphatic carbocycles. The van der Waals surface area contributed by atoms with Gasteiger partial charge in [0.05, 0.1) is 10.7 Å². The van der Waals surface area contributed by atoms with Crippen molar-refractivity contribution in [3.05, 3.63) is 22.6 Å². The Morgan fingerprint density at radius 3 is 2.83 bits per heavy atom. The fraction of sp³-hybridized carbons (Fsp3) is 0.375. The van der Waals surface area contributed by atoms with Crippen LogP contribution >= 0.6 is 15.9 Å². The fourth-order valence-electron chi connectivity index (χ4n) is 1.03. The molecule has 0 bridgehead atoms. The van der Waals surface area contributed by atoms with E-state index in [9.17, 15) is 4.79 Å². The number of hydrogen-bond donors (Lipinski definition) is 1. The number of carbonyl (C=O) groups is 1. The molecule has 0 aliphatic heterocycles. The van der Waals surface area contributed by atoms with E-state index in [1.54, 1.807) is 6.07 Å². The molecule has 0 radical (unpaired) electrons. The molecule has 1 atom stereocenters. The summed E-state index contributed by atoms with van der Waals surface area (Å²) in [6.07, 6.45) is 2.01. The van der Waals surface area contributed by atoms with Crippen molar-refractivity contribution in [2.24, 2.45) is 0 Å². The average Bonchev–Trinajstić information content (AvgIpc) is 2.38. The van der Waals surface area contributed by atoms with Gasteiger partial charge < -0.3 is 9.52 Å². The van der Waals surface area contributed by atoms with Gasteiger partial charge >= 0.3 is 5.97 Å². The molecular weight excluding hydrogens is 224 g/mol. The minimum absolute atomic E-state index is 0.491. The minimum Gasteiger partial charge on any atom is -0.481 e. The lowest BCUT2D eigenvalue weighted by Gasteiger charge is -2.05. The first-order valence-electron chi connectivity index (χ1n) is 3.62. The van der Waals surface area contributed by atoms with Gasteiger partial charge in [0.25, 0.3) is 0 Å². The van der Waals surface area contributed by atoms with Gasteiger partial charge in [-0.25, -0.2) is 0 Å². The summed E-state index contributed by atoms with van der Waals surface area (Å²) in [4.78, 5) is 10.7. The lowest BCUT2D eigenvalue weighted by atomic mass is 10.0. The van der Waals surface area contributed by atoms with Crippen LogP contribution in [-0.4, -0.2) is 11.1 Å². The van der Waals surface area contributed by atoms with Crippen LogP contribution < -0.4 is 0 Å². The molecule has 3 nitrogen and oxygen atoms in total. The van der Waals surface area contributed by atoms with Crippen molar-refractivity contribution in [3.8, 4) is 0 Å². The van der Waals surface area contributed by atoms with E-state index in [-0.39, 0.29) is 0 Å². The molecule has 0 amide bonds. The van der Waals surface area contributed by atoms with E-state index in [2.05, 4.69) is 15.9 Å². The van der Waals surface area contributed by atoms with E-state index in [4.69, 9.17) is 9.52 Å². The summed E-state index contributed by atoms with van der Waals surface area (Å²) in [6.45, 7) is 1.81. The first-order valence-corrected chi connectivity index (χ1v) is 4.41. The standard InChI is InChI=1S/C8H9BrO3/c1-2-5(8(10)11)7-6(9)3-4-12-7/h3-5H,2H2,1H3,(H,10,11). The van der Waals surface area contributed by atoms with Crippen LogP contribution in [0.2, 0.25) is 0 Å². The second-order valence-electron chi connectivity index (χ2n) is 2.43. The maximum atomic E-state index is 10.7. The molecule has 1 heterocycles. The summed E-state index contributed by atoms with van der Waals surface area (Å²) in [5, 5.41) is 8.79. The van der Waals surface area contributed by atoms with E-state index in [1.165, 1.54) is 6.26 Å². The zero-order valence-electron chi connectivity index (χ0n) is 6.58. The molecule has 0 spiro atoms. The maximum absolute atomic E-state index is 10.7. The number of carboxylic acid groups (broad SMARTS) is 1. The van der Waals surface area contributed by atoms with Crippen LogP contribution in [0.25, 0.3) is 0 Å². The molecule has 1 aromatic rings. The third-order valence-electron chi connectivity index (χ3n) is 1.67. The Labute approximate surface area is 78.5 Å². The quantitative estimate of drug-likeness (QED) is 0.872. The first kappa shape index (κ1) is 9.32. The van der Waals surface area contributed by atoms with Gasteiger partial charge in [-0.3, -0.25) is 4.79 Å². The lowest BCUT2D eigenvalue weighted by molar-refractivity contribution is -0.139. The van der Waals surface area contributed by atoms with E-state index >= 15 is 0 Å². The fourth-order valence-corrected chi connectivity index (χ4v) is 1.50. The second-order valence-corrected chi connectivity index (χ2v) is 3.29. The minimum atomic E-state index is -0.854. The van der Waals surface area contributed by atoms with E-state index in [0.717, 1.165) is 4.47 Å². The number of hydrogen-bond acceptors (Lipinski definition) is 2. The van der Waals surface area contributed by atoms with Gasteiger partial charge in [-0.15, -0.1) is 0 Å². The number of halogens is 1. The Morgan fingerprint density at radius 2 is 2.50 bits per heavy atom. The predicted molar refractivity (Wildman–Crippen MR) is 47.1 cm³/mol. The molecule has 1 aromatic heterocycles. The van der Waals surface area contributed by atoms with Crippen LogP contribution in [0.1, 0.15) is 25.0 Å². The van der Waals surface area contributed by atoms with Gasteiger partial charge in [-0.05, 0) is 28.4 Å². The Bertz CT molecular complexity index is 280. The molecule has 0 saturated carbocycles. The van der Waals surface area contributed by atoms with Gasteiger partial charge in [0.2, 0.25) is 0 Å². The third kappa shape index (κ3) is 1.69. The highest BCUT2D eigenvalue weighted by Crippen LogP contribution is 2.28. The zero-order valence-corrected chi connectivity index (χ0v) is 8.17. The topological polar surface area (TPSA) is 50.4 Å². The normalized spacial score (nSPS) is 12.8. The molecule has 1 N–H and O–H groups in total. The third-order valence-corrected chi connectivity index (χ3v) is 2.32. The summed E-state index contributed by atoms with van der Waals surface area (Å²) in [6, 6.07) is 1.70. The van der Waals surface area contributed by atoms with E-state index in [0.29, 0.717) is 12.2 Å². The van der Waals surface area contributed by atoms with Gasteiger partial charge in [0.1, 0.15) is 11.7 Å². The maximum Gasteiger partial charge on any atom is 0.314 e. The van der Waals surface area contributed by atoms with Gasteiger partial charge in [0, 0.05) is 0 Å². The lowest BCUT2D eigenvalue weighted by Crippen LogP contribution is -2.09. The van der Waals surface area contributed by atoms with Crippen LogP contribution in [-0.2, 0) is 4.79 Å². The Kier molecular flexibility index (Phi) is 2.92. The van der Waals surface area contributed by atoms with Crippen molar-refractivity contribution >= 4 is 21.9 Å². The Balaban J connectivity index is 2.94. The molecule has 0 fully saturated rings. The summed E-state index contributed by atoms with van der Waals surface area (Å²) in [7, 11) is 0. The summed E-state index contributed by atoms with van der Waals surface area (Å²) >= 11 is 3.22. The SMILES string of the molecule is CCC(C(=O)O)c1occc1Br. The zero-order chi connectivity index (χ0) is 9.14. The molecule has 1 rings (SSSR count). The molecule has 66 valence electrons. The van der Waals surface area contributed by atoms with Gasteiger partial charge in [-0.1, -0.05) is 6.92 Å². The molecule has 1 unspecified atom stereocenters. The first-order chi connectivity index (χ1) is 5.66. The summed E-state index contributed by atoms with van der Waals surface area (Å²) < 4.78 is 5.77. The van der Waals surface area contributed by atoms with Crippen molar-refractivity contribution in [1.82, 2.24) is 0 Å². The van der Waals surface area contributed by atoms with Crippen molar-refractivity contribution in [2.45, 2.75) is 19.3 Å². The monoisotopic (exact) mass is 232 g/mol. The molecule has 0 aliphatic rings. The van der Waals surface area contributed by atoms with E-state index < -0.39 is 11.9 Å². The van der Waals surface area contributed by atoms with Crippen molar-refractivity contribution in [3.63, 3.8) is 0 Å². The largest absolute Gasteiger partial charge is 0.481 e. The summed E-state index contributed by atoms with van der Waals surface area (Å²) in [5.41, 5.74) is 0. The van der Waals surface area contributed by atoms with Crippen molar-refractivity contribution in [1.29, 1.82) is 0 Å². The Morgan fingerprint density at radius 1 is 1.83 bits per heavy atom. The average molecular weight is 233 g/mol. The smallest absolute Gasteiger partial charge is 0.314 e.